The van der Waals surface area contributed by atoms with Crippen LogP contribution in [0.2, 0.25) is 0 Å². The molecular formula is C21H31N3O3S. The van der Waals surface area contributed by atoms with Gasteiger partial charge in [0.2, 0.25) is 0 Å². The van der Waals surface area contributed by atoms with Crippen LogP contribution in [0.25, 0.3) is 10.9 Å². The number of nitrogens with zero attached hydrogens (tertiary/aromatic N) is 2. The fraction of sp³-hybridized carbons (Fsp3) is 0.619. The average Bonchev–Trinajstić information content (AvgIpc) is 3.04. The molecule has 1 aliphatic rings. The Bertz CT molecular complexity index is 943. The first-order chi connectivity index (χ1) is 12.9. The molecule has 2 aromatic rings. The third-order valence-electron chi connectivity index (χ3n) is 5.35. The monoisotopic (exact) mass is 405 g/mol. The fourth-order valence-corrected chi connectivity index (χ4v) is 4.51. The molecule has 1 N–H and O–H groups in total. The van der Waals surface area contributed by atoms with Crippen LogP contribution in [0.4, 0.5) is 0 Å². The minimum Gasteiger partial charge on any atom is -0.598 e. The zero-order valence-electron chi connectivity index (χ0n) is 17.9. The minimum absolute atomic E-state index is 0.0779. The number of hydrogen-bond acceptors (Lipinski definition) is 5. The SMILES string of the molecule is Cc1cc(C(C)N[S+]([O-])C(C)(C)C)c2nc(C3(C)CCCO3)n(C)c(=O)c2c1. The molecule has 1 aliphatic heterocycles. The Morgan fingerprint density at radius 3 is 2.64 bits per heavy atom. The summed E-state index contributed by atoms with van der Waals surface area (Å²) in [6.45, 7) is 12.4. The maximum Gasteiger partial charge on any atom is 0.261 e. The van der Waals surface area contributed by atoms with E-state index < -0.39 is 17.0 Å². The van der Waals surface area contributed by atoms with E-state index in [1.807, 2.05) is 53.7 Å². The first-order valence-electron chi connectivity index (χ1n) is 9.78. The predicted octanol–water partition coefficient (Wildman–Crippen LogP) is 3.38. The van der Waals surface area contributed by atoms with Crippen molar-refractivity contribution in [2.24, 2.45) is 7.05 Å². The van der Waals surface area contributed by atoms with Gasteiger partial charge in [-0.15, -0.1) is 4.72 Å². The van der Waals surface area contributed by atoms with Gasteiger partial charge in [0.05, 0.1) is 16.9 Å². The molecule has 28 heavy (non-hydrogen) atoms. The zero-order chi connectivity index (χ0) is 20.9. The molecule has 7 heteroatoms. The summed E-state index contributed by atoms with van der Waals surface area (Å²) in [6.07, 6.45) is 1.79. The summed E-state index contributed by atoms with van der Waals surface area (Å²) >= 11 is -1.23. The number of aromatic nitrogens is 2. The summed E-state index contributed by atoms with van der Waals surface area (Å²) in [5, 5.41) is 0.582. The number of hydrogen-bond donors (Lipinski definition) is 1. The average molecular weight is 406 g/mol. The van der Waals surface area contributed by atoms with Crippen LogP contribution in [0.5, 0.6) is 0 Å². The first kappa shape index (κ1) is 21.3. The molecule has 0 radical (unpaired) electrons. The maximum absolute atomic E-state index is 13.1. The van der Waals surface area contributed by atoms with Gasteiger partial charge in [-0.1, -0.05) is 6.07 Å². The Morgan fingerprint density at radius 2 is 2.07 bits per heavy atom. The van der Waals surface area contributed by atoms with Gasteiger partial charge in [0, 0.05) is 30.6 Å². The van der Waals surface area contributed by atoms with Gasteiger partial charge in [0.1, 0.15) is 16.2 Å². The number of rotatable bonds is 4. The number of aryl methyl sites for hydroxylation is 1. The number of fused-ring (bicyclic) bond motifs is 1. The number of ether oxygens (including phenoxy) is 1. The van der Waals surface area contributed by atoms with Gasteiger partial charge in [0.15, 0.2) is 0 Å². The summed E-state index contributed by atoms with van der Waals surface area (Å²) in [4.78, 5) is 18.1. The Kier molecular flexibility index (Phi) is 5.66. The van der Waals surface area contributed by atoms with E-state index in [1.54, 1.807) is 11.6 Å². The Hall–Kier alpha value is -1.41. The quantitative estimate of drug-likeness (QED) is 0.789. The van der Waals surface area contributed by atoms with Gasteiger partial charge in [-0.25, -0.2) is 4.98 Å². The van der Waals surface area contributed by atoms with Gasteiger partial charge in [-0.3, -0.25) is 9.36 Å². The van der Waals surface area contributed by atoms with Crippen LogP contribution in [0.1, 0.15) is 70.5 Å². The maximum atomic E-state index is 13.1. The number of nitrogens with one attached hydrogen (secondary N) is 1. The standard InChI is InChI=1S/C21H31N3O3S/c1-13-11-15(14(2)23-28(26)20(3,4)5)17-16(12-13)18(25)24(7)19(22-17)21(6)9-8-10-27-21/h11-12,14,23H,8-10H2,1-7H3. The number of benzene rings is 1. The van der Waals surface area contributed by atoms with E-state index in [1.165, 1.54) is 0 Å². The lowest BCUT2D eigenvalue weighted by molar-refractivity contribution is 0.00637. The van der Waals surface area contributed by atoms with Gasteiger partial charge in [-0.05, 0) is 66.0 Å². The van der Waals surface area contributed by atoms with Crippen molar-refractivity contribution < 1.29 is 9.29 Å². The lowest BCUT2D eigenvalue weighted by Gasteiger charge is -2.28. The molecule has 0 spiro atoms. The molecule has 6 nitrogen and oxygen atoms in total. The molecule has 0 aliphatic carbocycles. The van der Waals surface area contributed by atoms with E-state index in [2.05, 4.69) is 4.72 Å². The second-order valence-corrected chi connectivity index (χ2v) is 11.0. The Balaban J connectivity index is 2.18. The molecule has 0 amide bonds. The van der Waals surface area contributed by atoms with E-state index in [0.29, 0.717) is 23.3 Å². The van der Waals surface area contributed by atoms with E-state index in [9.17, 15) is 9.35 Å². The predicted molar refractivity (Wildman–Crippen MR) is 114 cm³/mol. The van der Waals surface area contributed by atoms with Crippen LogP contribution in [-0.4, -0.2) is 25.5 Å². The molecule has 1 aromatic carbocycles. The van der Waals surface area contributed by atoms with Crippen LogP contribution < -0.4 is 10.3 Å². The van der Waals surface area contributed by atoms with Crippen LogP contribution in [0, 0.1) is 6.92 Å². The normalized spacial score (nSPS) is 22.6. The van der Waals surface area contributed by atoms with Crippen molar-refractivity contribution in [3.05, 3.63) is 39.4 Å². The summed E-state index contributed by atoms with van der Waals surface area (Å²) in [5.74, 6) is 0.650. The summed E-state index contributed by atoms with van der Waals surface area (Å²) < 4.78 is 23.0. The van der Waals surface area contributed by atoms with Gasteiger partial charge in [-0.2, -0.15) is 0 Å². The topological polar surface area (TPSA) is 79.2 Å². The van der Waals surface area contributed by atoms with E-state index in [-0.39, 0.29) is 16.3 Å². The van der Waals surface area contributed by atoms with Crippen molar-refractivity contribution in [1.82, 2.24) is 14.3 Å². The lowest BCUT2D eigenvalue weighted by atomic mass is 9.99. The lowest BCUT2D eigenvalue weighted by Crippen LogP contribution is -2.40. The summed E-state index contributed by atoms with van der Waals surface area (Å²) in [5.41, 5.74) is 1.88. The first-order valence-corrected chi connectivity index (χ1v) is 10.9. The van der Waals surface area contributed by atoms with E-state index in [4.69, 9.17) is 9.72 Å². The Morgan fingerprint density at radius 1 is 1.39 bits per heavy atom. The summed E-state index contributed by atoms with van der Waals surface area (Å²) in [6, 6.07) is 3.68. The fourth-order valence-electron chi connectivity index (χ4n) is 3.71. The van der Waals surface area contributed by atoms with Crippen LogP contribution in [0.3, 0.4) is 0 Å². The van der Waals surface area contributed by atoms with Gasteiger partial charge < -0.3 is 9.29 Å². The van der Waals surface area contributed by atoms with E-state index in [0.717, 1.165) is 24.0 Å². The molecule has 1 saturated heterocycles. The van der Waals surface area contributed by atoms with Crippen molar-refractivity contribution >= 4 is 22.3 Å². The summed E-state index contributed by atoms with van der Waals surface area (Å²) in [7, 11) is 1.76. The second kappa shape index (κ2) is 7.44. The van der Waals surface area contributed by atoms with Crippen LogP contribution in [-0.2, 0) is 28.7 Å². The van der Waals surface area contributed by atoms with Crippen molar-refractivity contribution in [3.63, 3.8) is 0 Å². The molecule has 1 aromatic heterocycles. The molecule has 1 fully saturated rings. The zero-order valence-corrected chi connectivity index (χ0v) is 18.7. The van der Waals surface area contributed by atoms with Crippen molar-refractivity contribution in [2.45, 2.75) is 70.8 Å². The van der Waals surface area contributed by atoms with Crippen LogP contribution >= 0.6 is 0 Å². The molecule has 3 rings (SSSR count). The highest BCUT2D eigenvalue weighted by molar-refractivity contribution is 7.90. The molecule has 0 saturated carbocycles. The molecule has 154 valence electrons. The smallest absolute Gasteiger partial charge is 0.261 e. The van der Waals surface area contributed by atoms with Crippen molar-refractivity contribution in [1.29, 1.82) is 0 Å². The second-order valence-electron chi connectivity index (χ2n) is 8.95. The van der Waals surface area contributed by atoms with Crippen LogP contribution in [0.15, 0.2) is 16.9 Å². The third kappa shape index (κ3) is 3.85. The highest BCUT2D eigenvalue weighted by Crippen LogP contribution is 2.35. The molecule has 3 unspecified atom stereocenters. The van der Waals surface area contributed by atoms with Gasteiger partial charge >= 0.3 is 0 Å². The van der Waals surface area contributed by atoms with Crippen molar-refractivity contribution in [3.8, 4) is 0 Å². The highest BCUT2D eigenvalue weighted by Gasteiger charge is 2.36. The highest BCUT2D eigenvalue weighted by atomic mass is 32.2. The molecular weight excluding hydrogens is 374 g/mol. The Labute approximate surface area is 170 Å². The molecule has 2 heterocycles. The molecule has 3 atom stereocenters. The van der Waals surface area contributed by atoms with Gasteiger partial charge in [0.25, 0.3) is 5.56 Å². The van der Waals surface area contributed by atoms with E-state index >= 15 is 0 Å². The largest absolute Gasteiger partial charge is 0.598 e. The molecule has 0 bridgehead atoms. The third-order valence-corrected chi connectivity index (χ3v) is 7.03. The minimum atomic E-state index is -1.23. The van der Waals surface area contributed by atoms with Crippen molar-refractivity contribution in [2.75, 3.05) is 6.61 Å².